The average Bonchev–Trinajstić information content (AvgIpc) is 2.46. The van der Waals surface area contributed by atoms with Crippen LogP contribution in [0.15, 0.2) is 53.5 Å². The van der Waals surface area contributed by atoms with Crippen molar-refractivity contribution in [3.05, 3.63) is 70.1 Å². The Kier molecular flexibility index (Phi) is 4.58. The Labute approximate surface area is 124 Å². The van der Waals surface area contributed by atoms with Gasteiger partial charge in [-0.2, -0.15) is 0 Å². The van der Waals surface area contributed by atoms with E-state index < -0.39 is 0 Å². The normalized spacial score (nSPS) is 11.1. The average molecular weight is 284 g/mol. The van der Waals surface area contributed by atoms with Gasteiger partial charge in [-0.15, -0.1) is 0 Å². The van der Waals surface area contributed by atoms with Crippen molar-refractivity contribution in [2.75, 3.05) is 0 Å². The van der Waals surface area contributed by atoms with Crippen LogP contribution in [-0.4, -0.2) is 16.4 Å². The molecule has 0 spiro atoms. The summed E-state index contributed by atoms with van der Waals surface area (Å²) in [5.74, 6) is -0.223. The maximum Gasteiger partial charge on any atom is 0.251 e. The second-order valence-corrected chi connectivity index (χ2v) is 5.77. The maximum atomic E-state index is 12.2. The largest absolute Gasteiger partial charge is 0.347 e. The van der Waals surface area contributed by atoms with Gasteiger partial charge >= 0.3 is 0 Å². The Balaban J connectivity index is 1.97. The van der Waals surface area contributed by atoms with E-state index in [4.69, 9.17) is 0 Å². The number of nitrogens with one attached hydrogen (secondary N) is 2. The first-order valence-corrected chi connectivity index (χ1v) is 7.01. The van der Waals surface area contributed by atoms with Crippen LogP contribution in [0.4, 0.5) is 0 Å². The van der Waals surface area contributed by atoms with E-state index in [2.05, 4.69) is 22.4 Å². The van der Waals surface area contributed by atoms with Crippen LogP contribution in [0, 0.1) is 0 Å². The molecule has 0 fully saturated rings. The number of H-pyrrole nitrogens is 1. The van der Waals surface area contributed by atoms with Gasteiger partial charge < -0.3 is 10.3 Å². The second kappa shape index (κ2) is 6.39. The van der Waals surface area contributed by atoms with Crippen molar-refractivity contribution >= 4 is 5.91 Å². The summed E-state index contributed by atoms with van der Waals surface area (Å²) in [6.07, 6.45) is 3.20. The highest BCUT2D eigenvalue weighted by Gasteiger charge is 2.21. The number of hydrogen-bond donors (Lipinski definition) is 2. The van der Waals surface area contributed by atoms with Gasteiger partial charge in [-0.1, -0.05) is 30.3 Å². The molecule has 110 valence electrons. The molecule has 0 aliphatic rings. The predicted octanol–water partition coefficient (Wildman–Crippen LogP) is 2.52. The first kappa shape index (κ1) is 15.0. The predicted molar refractivity (Wildman–Crippen MR) is 83.4 cm³/mol. The lowest BCUT2D eigenvalue weighted by Gasteiger charge is -2.26. The molecule has 0 saturated heterocycles. The molecule has 4 nitrogen and oxygen atoms in total. The molecule has 2 aromatic rings. The lowest BCUT2D eigenvalue weighted by molar-refractivity contribution is 0.0909. The van der Waals surface area contributed by atoms with Gasteiger partial charge in [-0.25, -0.2) is 0 Å². The first-order valence-electron chi connectivity index (χ1n) is 7.01. The molecule has 1 heterocycles. The van der Waals surface area contributed by atoms with Crippen molar-refractivity contribution in [2.45, 2.75) is 32.2 Å². The summed E-state index contributed by atoms with van der Waals surface area (Å²) in [6.45, 7) is 3.97. The fraction of sp³-hybridized carbons (Fsp3) is 0.294. The lowest BCUT2D eigenvalue weighted by atomic mass is 9.95. The Bertz CT molecular complexity index is 660. The van der Waals surface area contributed by atoms with E-state index in [1.165, 1.54) is 17.8 Å². The summed E-state index contributed by atoms with van der Waals surface area (Å²) >= 11 is 0. The van der Waals surface area contributed by atoms with E-state index in [1.807, 2.05) is 32.0 Å². The fourth-order valence-corrected chi connectivity index (χ4v) is 2.13. The van der Waals surface area contributed by atoms with Crippen molar-refractivity contribution < 1.29 is 4.79 Å². The summed E-state index contributed by atoms with van der Waals surface area (Å²) in [6, 6.07) is 13.1. The first-order chi connectivity index (χ1) is 9.96. The third kappa shape index (κ3) is 4.60. The van der Waals surface area contributed by atoms with Gasteiger partial charge in [-0.05, 0) is 38.3 Å². The molecule has 1 amide bonds. The zero-order valence-corrected chi connectivity index (χ0v) is 12.3. The van der Waals surface area contributed by atoms with Gasteiger partial charge in [0.1, 0.15) is 0 Å². The number of aromatic amines is 1. The number of carbonyl (C=O) groups excluding carboxylic acids is 1. The smallest absolute Gasteiger partial charge is 0.251 e. The summed E-state index contributed by atoms with van der Waals surface area (Å²) in [4.78, 5) is 25.9. The molecular weight excluding hydrogens is 264 g/mol. The summed E-state index contributed by atoms with van der Waals surface area (Å²) in [5, 5.41) is 2.98. The molecule has 2 N–H and O–H groups in total. The van der Waals surface area contributed by atoms with Gasteiger partial charge in [0.25, 0.3) is 5.91 Å². The van der Waals surface area contributed by atoms with Crippen LogP contribution in [0.5, 0.6) is 0 Å². The van der Waals surface area contributed by atoms with Crippen LogP contribution < -0.4 is 10.9 Å². The number of rotatable bonds is 5. The standard InChI is InChI=1S/C17H20N2O2/c1-17(2,10-8-13-6-4-3-5-7-13)19-16(21)14-9-11-18-15(20)12-14/h3-7,9,11-12H,8,10H2,1-2H3,(H,18,20)(H,19,21). The zero-order chi connectivity index (χ0) is 15.3. The van der Waals surface area contributed by atoms with Gasteiger partial charge in [0.05, 0.1) is 0 Å². The summed E-state index contributed by atoms with van der Waals surface area (Å²) in [5.41, 5.74) is 1.02. The number of hydrogen-bond acceptors (Lipinski definition) is 2. The number of pyridine rings is 1. The van der Waals surface area contributed by atoms with E-state index >= 15 is 0 Å². The Morgan fingerprint density at radius 1 is 1.19 bits per heavy atom. The molecule has 21 heavy (non-hydrogen) atoms. The van der Waals surface area contributed by atoms with Crippen LogP contribution in [0.3, 0.4) is 0 Å². The van der Waals surface area contributed by atoms with E-state index in [0.717, 1.165) is 12.8 Å². The van der Waals surface area contributed by atoms with Crippen LogP contribution in [0.25, 0.3) is 0 Å². The molecule has 0 unspecified atom stereocenters. The summed E-state index contributed by atoms with van der Waals surface area (Å²) in [7, 11) is 0. The van der Waals surface area contributed by atoms with Gasteiger partial charge in [0, 0.05) is 23.4 Å². The summed E-state index contributed by atoms with van der Waals surface area (Å²) < 4.78 is 0. The van der Waals surface area contributed by atoms with Crippen LogP contribution in [-0.2, 0) is 6.42 Å². The number of amides is 1. The zero-order valence-electron chi connectivity index (χ0n) is 12.3. The molecule has 0 aliphatic heterocycles. The van der Waals surface area contributed by atoms with E-state index in [1.54, 1.807) is 6.07 Å². The molecule has 0 aliphatic carbocycles. The van der Waals surface area contributed by atoms with Gasteiger partial charge in [0.2, 0.25) is 5.56 Å². The lowest BCUT2D eigenvalue weighted by Crippen LogP contribution is -2.44. The number of carbonyl (C=O) groups is 1. The molecular formula is C17H20N2O2. The quantitative estimate of drug-likeness (QED) is 0.886. The maximum absolute atomic E-state index is 12.2. The van der Waals surface area contributed by atoms with Gasteiger partial charge in [0.15, 0.2) is 0 Å². The van der Waals surface area contributed by atoms with E-state index in [9.17, 15) is 9.59 Å². The van der Waals surface area contributed by atoms with Crippen molar-refractivity contribution in [1.82, 2.24) is 10.3 Å². The third-order valence-electron chi connectivity index (χ3n) is 3.37. The van der Waals surface area contributed by atoms with Crippen LogP contribution in [0.2, 0.25) is 0 Å². The highest BCUT2D eigenvalue weighted by Crippen LogP contribution is 2.14. The fourth-order valence-electron chi connectivity index (χ4n) is 2.13. The highest BCUT2D eigenvalue weighted by molar-refractivity contribution is 5.94. The van der Waals surface area contributed by atoms with Crippen LogP contribution >= 0.6 is 0 Å². The molecule has 0 atom stereocenters. The topological polar surface area (TPSA) is 62.0 Å². The SMILES string of the molecule is CC(C)(CCc1ccccc1)NC(=O)c1cc[nH]c(=O)c1. The molecule has 0 bridgehead atoms. The van der Waals surface area contributed by atoms with E-state index in [0.29, 0.717) is 5.56 Å². The van der Waals surface area contributed by atoms with Crippen LogP contribution in [0.1, 0.15) is 36.2 Å². The molecule has 0 saturated carbocycles. The molecule has 1 aromatic carbocycles. The van der Waals surface area contributed by atoms with Crippen molar-refractivity contribution in [1.29, 1.82) is 0 Å². The Morgan fingerprint density at radius 2 is 1.90 bits per heavy atom. The minimum absolute atomic E-state index is 0.223. The minimum atomic E-state index is -0.338. The minimum Gasteiger partial charge on any atom is -0.347 e. The Hall–Kier alpha value is -2.36. The molecule has 4 heteroatoms. The van der Waals surface area contributed by atoms with Crippen molar-refractivity contribution in [3.8, 4) is 0 Å². The molecule has 0 radical (unpaired) electrons. The number of aromatic nitrogens is 1. The van der Waals surface area contributed by atoms with Gasteiger partial charge in [-0.3, -0.25) is 9.59 Å². The second-order valence-electron chi connectivity index (χ2n) is 5.77. The van der Waals surface area contributed by atoms with Crippen molar-refractivity contribution in [2.24, 2.45) is 0 Å². The Morgan fingerprint density at radius 3 is 2.57 bits per heavy atom. The highest BCUT2D eigenvalue weighted by atomic mass is 16.2. The van der Waals surface area contributed by atoms with E-state index in [-0.39, 0.29) is 17.0 Å². The third-order valence-corrected chi connectivity index (χ3v) is 3.37. The monoisotopic (exact) mass is 284 g/mol. The van der Waals surface area contributed by atoms with Crippen molar-refractivity contribution in [3.63, 3.8) is 0 Å². The number of aryl methyl sites for hydroxylation is 1. The molecule has 1 aromatic heterocycles. The number of benzene rings is 1. The molecule has 2 rings (SSSR count).